The summed E-state index contributed by atoms with van der Waals surface area (Å²) in [5.41, 5.74) is 3.34. The third-order valence-corrected chi connectivity index (χ3v) is 2.90. The van der Waals surface area contributed by atoms with Crippen LogP contribution in [0.3, 0.4) is 0 Å². The molecule has 1 atom stereocenters. The number of hydrogen-bond acceptors (Lipinski definition) is 4. The zero-order valence-corrected chi connectivity index (χ0v) is 11.7. The maximum atomic E-state index is 11.0. The summed E-state index contributed by atoms with van der Waals surface area (Å²) in [5, 5.41) is 9.05. The first-order valence-electron chi connectivity index (χ1n) is 6.52. The van der Waals surface area contributed by atoms with E-state index in [1.807, 2.05) is 54.6 Å². The summed E-state index contributed by atoms with van der Waals surface area (Å²) >= 11 is 0. The van der Waals surface area contributed by atoms with Gasteiger partial charge in [-0.2, -0.15) is 5.48 Å². The predicted octanol–water partition coefficient (Wildman–Crippen LogP) is 2.63. The Labute approximate surface area is 123 Å². The van der Waals surface area contributed by atoms with Crippen molar-refractivity contribution in [3.8, 4) is 11.5 Å². The van der Waals surface area contributed by atoms with E-state index in [2.05, 4.69) is 10.3 Å². The minimum absolute atomic E-state index is 0.328. The molecule has 110 valence electrons. The first-order valence-corrected chi connectivity index (χ1v) is 6.52. The number of carboxylic acids is 1. The largest absolute Gasteiger partial charge is 0.480 e. The number of ether oxygens (including phenoxy) is 1. The summed E-state index contributed by atoms with van der Waals surface area (Å²) < 4.78 is 5.68. The molecular weight excluding hydrogens is 270 g/mol. The summed E-state index contributed by atoms with van der Waals surface area (Å²) in [4.78, 5) is 15.7. The van der Waals surface area contributed by atoms with Crippen molar-refractivity contribution >= 4 is 5.97 Å². The van der Waals surface area contributed by atoms with E-state index in [4.69, 9.17) is 9.84 Å². The van der Waals surface area contributed by atoms with Crippen molar-refractivity contribution in [2.24, 2.45) is 0 Å². The van der Waals surface area contributed by atoms with Crippen LogP contribution in [0.25, 0.3) is 0 Å². The van der Waals surface area contributed by atoms with Gasteiger partial charge in [-0.15, -0.1) is 0 Å². The zero-order valence-electron chi connectivity index (χ0n) is 11.7. The molecule has 2 aromatic carbocycles. The normalized spacial score (nSPS) is 11.9. The summed E-state index contributed by atoms with van der Waals surface area (Å²) in [6, 6.07) is 16.0. The Morgan fingerprint density at radius 1 is 1.10 bits per heavy atom. The molecule has 5 nitrogen and oxygen atoms in total. The van der Waals surface area contributed by atoms with Crippen LogP contribution in [-0.2, 0) is 16.1 Å². The van der Waals surface area contributed by atoms with Crippen molar-refractivity contribution in [2.75, 3.05) is 7.11 Å². The van der Waals surface area contributed by atoms with Crippen molar-refractivity contribution in [3.05, 3.63) is 60.2 Å². The van der Waals surface area contributed by atoms with E-state index in [0.717, 1.165) is 11.3 Å². The number of hydrogen-bond donors (Lipinski definition) is 2. The Morgan fingerprint density at radius 3 is 2.29 bits per heavy atom. The minimum atomic E-state index is -0.957. The molecule has 0 spiro atoms. The standard InChI is InChI=1S/C16H17NO4/c1-20-17-15(16(18)19)11-12-7-9-14(10-8-12)21-13-5-3-2-4-6-13/h2-10,15,17H,11H2,1H3,(H,18,19). The minimum Gasteiger partial charge on any atom is -0.480 e. The average molecular weight is 287 g/mol. The zero-order chi connectivity index (χ0) is 15.1. The highest BCUT2D eigenvalue weighted by Crippen LogP contribution is 2.21. The smallest absolute Gasteiger partial charge is 0.323 e. The molecule has 0 amide bonds. The van der Waals surface area contributed by atoms with Crippen molar-refractivity contribution in [2.45, 2.75) is 12.5 Å². The lowest BCUT2D eigenvalue weighted by Gasteiger charge is -2.13. The fourth-order valence-corrected chi connectivity index (χ4v) is 1.88. The SMILES string of the molecule is CONC(Cc1ccc(Oc2ccccc2)cc1)C(=O)O. The molecule has 2 N–H and O–H groups in total. The fraction of sp³-hybridized carbons (Fsp3) is 0.188. The molecule has 2 aromatic rings. The highest BCUT2D eigenvalue weighted by molar-refractivity contribution is 5.73. The second-order valence-corrected chi connectivity index (χ2v) is 4.48. The van der Waals surface area contributed by atoms with E-state index in [-0.39, 0.29) is 0 Å². The number of benzene rings is 2. The van der Waals surface area contributed by atoms with Gasteiger partial charge in [0.15, 0.2) is 0 Å². The van der Waals surface area contributed by atoms with E-state index in [9.17, 15) is 4.79 Å². The van der Waals surface area contributed by atoms with Gasteiger partial charge in [0.25, 0.3) is 0 Å². The van der Waals surface area contributed by atoms with Crippen molar-refractivity contribution in [1.29, 1.82) is 0 Å². The molecule has 2 rings (SSSR count). The molecule has 0 aliphatic heterocycles. The van der Waals surface area contributed by atoms with Crippen molar-refractivity contribution < 1.29 is 19.5 Å². The van der Waals surface area contributed by atoms with Gasteiger partial charge in [0.05, 0.1) is 7.11 Å². The molecule has 0 fully saturated rings. The predicted molar refractivity (Wildman–Crippen MR) is 78.2 cm³/mol. The second kappa shape index (κ2) is 7.42. The van der Waals surface area contributed by atoms with Crippen LogP contribution in [0.15, 0.2) is 54.6 Å². The molecule has 0 radical (unpaired) electrons. The van der Waals surface area contributed by atoms with Crippen LogP contribution < -0.4 is 10.2 Å². The van der Waals surface area contributed by atoms with Gasteiger partial charge < -0.3 is 14.7 Å². The summed E-state index contributed by atoms with van der Waals surface area (Å²) in [7, 11) is 1.40. The van der Waals surface area contributed by atoms with Gasteiger partial charge in [0.2, 0.25) is 0 Å². The molecular formula is C16H17NO4. The highest BCUT2D eigenvalue weighted by Gasteiger charge is 2.17. The molecule has 0 saturated heterocycles. The molecule has 0 aliphatic rings. The molecule has 0 heterocycles. The molecule has 0 aliphatic carbocycles. The quantitative estimate of drug-likeness (QED) is 0.766. The number of hydroxylamine groups is 1. The number of carboxylic acid groups (broad SMARTS) is 1. The van der Waals surface area contributed by atoms with Crippen molar-refractivity contribution in [3.63, 3.8) is 0 Å². The molecule has 1 unspecified atom stereocenters. The van der Waals surface area contributed by atoms with E-state index in [0.29, 0.717) is 12.2 Å². The Morgan fingerprint density at radius 2 is 1.71 bits per heavy atom. The lowest BCUT2D eigenvalue weighted by atomic mass is 10.1. The van der Waals surface area contributed by atoms with Gasteiger partial charge in [-0.1, -0.05) is 30.3 Å². The Bertz CT molecular complexity index is 569. The monoisotopic (exact) mass is 287 g/mol. The summed E-state index contributed by atoms with van der Waals surface area (Å²) in [6.07, 6.45) is 0.328. The average Bonchev–Trinajstić information content (AvgIpc) is 2.49. The number of nitrogens with one attached hydrogen (secondary N) is 1. The van der Waals surface area contributed by atoms with Gasteiger partial charge in [-0.05, 0) is 29.8 Å². The third-order valence-electron chi connectivity index (χ3n) is 2.90. The first-order chi connectivity index (χ1) is 10.2. The fourth-order valence-electron chi connectivity index (χ4n) is 1.88. The summed E-state index contributed by atoms with van der Waals surface area (Å²) in [6.45, 7) is 0. The van der Waals surface area contributed by atoms with Gasteiger partial charge in [0.1, 0.15) is 17.5 Å². The first kappa shape index (κ1) is 15.0. The van der Waals surface area contributed by atoms with E-state index in [1.54, 1.807) is 0 Å². The molecule has 0 bridgehead atoms. The van der Waals surface area contributed by atoms with Crippen LogP contribution in [0.4, 0.5) is 0 Å². The molecule has 0 aromatic heterocycles. The van der Waals surface area contributed by atoms with Crippen molar-refractivity contribution in [1.82, 2.24) is 5.48 Å². The van der Waals surface area contributed by atoms with Crippen LogP contribution in [0.1, 0.15) is 5.56 Å². The van der Waals surface area contributed by atoms with Gasteiger partial charge in [-0.25, -0.2) is 0 Å². The highest BCUT2D eigenvalue weighted by atomic mass is 16.6. The maximum Gasteiger partial charge on any atom is 0.323 e. The van der Waals surface area contributed by atoms with Gasteiger partial charge >= 0.3 is 5.97 Å². The van der Waals surface area contributed by atoms with Gasteiger partial charge in [-0.3, -0.25) is 4.79 Å². The van der Waals surface area contributed by atoms with Gasteiger partial charge in [0, 0.05) is 6.42 Å². The molecule has 0 saturated carbocycles. The summed E-state index contributed by atoms with van der Waals surface area (Å²) in [5.74, 6) is 0.507. The molecule has 21 heavy (non-hydrogen) atoms. The number of rotatable bonds is 7. The Balaban J connectivity index is 2.00. The van der Waals surface area contributed by atoms with E-state index < -0.39 is 12.0 Å². The van der Waals surface area contributed by atoms with Crippen LogP contribution in [0.2, 0.25) is 0 Å². The van der Waals surface area contributed by atoms with Crippen LogP contribution in [0, 0.1) is 0 Å². The Hall–Kier alpha value is -2.37. The number of carbonyl (C=O) groups is 1. The third kappa shape index (κ3) is 4.59. The number of aliphatic carboxylic acids is 1. The second-order valence-electron chi connectivity index (χ2n) is 4.48. The lowest BCUT2D eigenvalue weighted by molar-refractivity contribution is -0.143. The lowest BCUT2D eigenvalue weighted by Crippen LogP contribution is -2.37. The van der Waals surface area contributed by atoms with E-state index >= 15 is 0 Å². The Kier molecular flexibility index (Phi) is 5.31. The topological polar surface area (TPSA) is 67.8 Å². The van der Waals surface area contributed by atoms with Crippen LogP contribution >= 0.6 is 0 Å². The van der Waals surface area contributed by atoms with Crippen LogP contribution in [-0.4, -0.2) is 24.2 Å². The van der Waals surface area contributed by atoms with Crippen LogP contribution in [0.5, 0.6) is 11.5 Å². The van der Waals surface area contributed by atoms with E-state index in [1.165, 1.54) is 7.11 Å². The molecule has 5 heteroatoms. The number of para-hydroxylation sites is 1. The maximum absolute atomic E-state index is 11.0.